The number of hydrogen-bond donors (Lipinski definition) is 0. The summed E-state index contributed by atoms with van der Waals surface area (Å²) in [6, 6.07) is 73.1. The number of nitrogens with zero attached hydrogens (tertiary/aromatic N) is 3. The minimum atomic E-state index is -0.179. The number of rotatable bonds is 6. The fraction of sp³-hybridized carbons (Fsp3) is 0.263. The first kappa shape index (κ1) is 52.7. The van der Waals surface area contributed by atoms with E-state index in [0.29, 0.717) is 0 Å². The Balaban J connectivity index is 1.12. The van der Waals surface area contributed by atoms with Gasteiger partial charge in [-0.1, -0.05) is 199 Å². The van der Waals surface area contributed by atoms with Crippen LogP contribution < -0.4 is 25.5 Å². The van der Waals surface area contributed by atoms with Gasteiger partial charge in [0.05, 0.1) is 10.7 Å². The highest BCUT2D eigenvalue weighted by atomic mass is 32.1. The van der Waals surface area contributed by atoms with Crippen LogP contribution in [0.1, 0.15) is 131 Å². The van der Waals surface area contributed by atoms with Gasteiger partial charge in [-0.2, -0.15) is 0 Å². The summed E-state index contributed by atoms with van der Waals surface area (Å²) in [7, 11) is 0. The molecule has 0 spiro atoms. The van der Waals surface area contributed by atoms with Crippen LogP contribution in [0.3, 0.4) is 0 Å². The Morgan fingerprint density at radius 3 is 1.63 bits per heavy atom. The van der Waals surface area contributed by atoms with E-state index in [2.05, 4.69) is 293 Å². The fourth-order valence-corrected chi connectivity index (χ4v) is 16.3. The molecule has 11 aromatic rings. The molecule has 0 fully saturated rings. The first-order valence-corrected chi connectivity index (χ1v) is 31.3. The molecule has 0 saturated carbocycles. The third-order valence-corrected chi connectivity index (χ3v) is 21.0. The van der Waals surface area contributed by atoms with Crippen molar-refractivity contribution in [3.05, 3.63) is 216 Å². The van der Waals surface area contributed by atoms with Crippen molar-refractivity contribution in [3.63, 3.8) is 0 Å². The summed E-state index contributed by atoms with van der Waals surface area (Å²) < 4.78 is 3.94. The van der Waals surface area contributed by atoms with Gasteiger partial charge in [-0.25, -0.2) is 0 Å². The molecule has 3 nitrogen and oxygen atoms in total. The molecule has 0 amide bonds. The Bertz CT molecular complexity index is 4290. The van der Waals surface area contributed by atoms with Gasteiger partial charge >= 0.3 is 6.85 Å². The topological polar surface area (TPSA) is 9.72 Å². The summed E-state index contributed by atoms with van der Waals surface area (Å²) in [5.41, 5.74) is 23.0. The largest absolute Gasteiger partial charge is 0.376 e. The van der Waals surface area contributed by atoms with E-state index in [1.54, 1.807) is 0 Å². The van der Waals surface area contributed by atoms with Gasteiger partial charge in [-0.05, 0) is 168 Å². The molecule has 3 aliphatic rings. The van der Waals surface area contributed by atoms with Crippen molar-refractivity contribution in [1.82, 2.24) is 0 Å². The predicted molar refractivity (Wildman–Crippen MR) is 360 cm³/mol. The third kappa shape index (κ3) is 8.40. The molecule has 4 heterocycles. The molecule has 9 aromatic carbocycles. The quantitative estimate of drug-likeness (QED) is 0.154. The smallest absolute Gasteiger partial charge is 0.334 e. The second-order valence-electron chi connectivity index (χ2n) is 28.1. The van der Waals surface area contributed by atoms with Crippen LogP contribution in [0.25, 0.3) is 52.5 Å². The number of thiophene rings is 2. The molecule has 6 heteroatoms. The Morgan fingerprint density at radius 1 is 0.439 bits per heavy atom. The van der Waals surface area contributed by atoms with Crippen molar-refractivity contribution >= 4 is 116 Å². The van der Waals surface area contributed by atoms with Gasteiger partial charge in [0.1, 0.15) is 0 Å². The summed E-state index contributed by atoms with van der Waals surface area (Å²) in [5.74, 6) is 0. The minimum absolute atomic E-state index is 0.000468. The van der Waals surface area contributed by atoms with E-state index >= 15 is 0 Å². The van der Waals surface area contributed by atoms with Crippen molar-refractivity contribution in [2.45, 2.75) is 130 Å². The summed E-state index contributed by atoms with van der Waals surface area (Å²) in [6.45, 7) is 30.5. The lowest BCUT2D eigenvalue weighted by Crippen LogP contribution is -2.61. The molecule has 0 N–H and O–H groups in total. The molecule has 2 aliphatic heterocycles. The maximum atomic E-state index is 2.79. The first-order valence-electron chi connectivity index (χ1n) is 29.6. The molecule has 408 valence electrons. The second kappa shape index (κ2) is 18.6. The zero-order chi connectivity index (χ0) is 57.0. The monoisotopic (exact) mass is 1100 g/mol. The molecular formula is C76H74BN3S2. The molecule has 0 unspecified atom stereocenters. The second-order valence-corrected chi connectivity index (χ2v) is 30.1. The first-order chi connectivity index (χ1) is 39.0. The van der Waals surface area contributed by atoms with Crippen LogP contribution in [0, 0.1) is 0 Å². The van der Waals surface area contributed by atoms with Gasteiger partial charge in [0.25, 0.3) is 0 Å². The maximum absolute atomic E-state index is 2.79. The Labute approximate surface area is 495 Å². The van der Waals surface area contributed by atoms with Crippen molar-refractivity contribution in [3.8, 4) is 22.3 Å². The molecule has 0 radical (unpaired) electrons. The lowest BCUT2D eigenvalue weighted by Gasteiger charge is -2.47. The van der Waals surface area contributed by atoms with Gasteiger partial charge in [-0.15, -0.1) is 22.7 Å². The van der Waals surface area contributed by atoms with Gasteiger partial charge < -0.3 is 14.6 Å². The predicted octanol–water partition coefficient (Wildman–Crippen LogP) is 21.4. The molecule has 14 rings (SSSR count). The normalized spacial score (nSPS) is 15.4. The van der Waals surface area contributed by atoms with Crippen LogP contribution in [-0.4, -0.2) is 6.85 Å². The highest BCUT2D eigenvalue weighted by molar-refractivity contribution is 7.27. The SMILES string of the molecule is CC(C)(C)c1ccc(N(c2ccc(C(C)(C)C)cc2)c2ccc3c(c2)N(c2ccc4c(c2)C(C)(C)CCC4(C)C)B2c4c(cc5c(sc6ccccc65)c4-3)N(c3ccc(C(C)(C)C)cc3-c3ccccc3)c3sc4ccccc4c32)cc1. The van der Waals surface area contributed by atoms with Gasteiger partial charge in [-0.3, -0.25) is 0 Å². The average Bonchev–Trinajstić information content (AvgIpc) is 1.84. The molecule has 0 atom stereocenters. The van der Waals surface area contributed by atoms with Crippen LogP contribution in [0.4, 0.5) is 44.8 Å². The van der Waals surface area contributed by atoms with E-state index in [1.807, 2.05) is 22.7 Å². The Kier molecular flexibility index (Phi) is 11.9. The van der Waals surface area contributed by atoms with Crippen molar-refractivity contribution in [2.75, 3.05) is 14.6 Å². The molecule has 82 heavy (non-hydrogen) atoms. The summed E-state index contributed by atoms with van der Waals surface area (Å²) in [4.78, 5) is 7.98. The summed E-state index contributed by atoms with van der Waals surface area (Å²) in [6.07, 6.45) is 2.30. The van der Waals surface area contributed by atoms with E-state index < -0.39 is 0 Å². The molecule has 0 saturated heterocycles. The van der Waals surface area contributed by atoms with Crippen molar-refractivity contribution < 1.29 is 0 Å². The number of fused-ring (bicyclic) bond motifs is 11. The zero-order valence-corrected chi connectivity index (χ0v) is 51.7. The lowest BCUT2D eigenvalue weighted by molar-refractivity contribution is 0.332. The lowest BCUT2D eigenvalue weighted by atomic mass is 9.43. The molecule has 1 aliphatic carbocycles. The zero-order valence-electron chi connectivity index (χ0n) is 50.0. The van der Waals surface area contributed by atoms with Gasteiger partial charge in [0.15, 0.2) is 0 Å². The Morgan fingerprint density at radius 2 is 1.00 bits per heavy atom. The standard InChI is InChI=1S/C76H74BN3S2/c1-72(2,3)48-27-32-51(33-28-48)78(52-34-29-49(30-35-52)73(4,5)6)53-36-38-56-63(45-53)80(54-37-39-60-61(44-54)76(12,13)42-41-75(60,10)11)77-68-57-24-18-20-26-66(57)82-71(68)79(62-40-31-50(74(7,8)9)43-58(62)47-21-15-14-16-22-47)64-46-59-55-23-17-19-25-65(55)81-70(59)67(56)69(64)77/h14-40,43-46H,41-42H2,1-13H3. The van der Waals surface area contributed by atoms with Gasteiger partial charge in [0, 0.05) is 75.7 Å². The van der Waals surface area contributed by atoms with Crippen LogP contribution in [0.5, 0.6) is 0 Å². The van der Waals surface area contributed by atoms with E-state index in [4.69, 9.17) is 0 Å². The van der Waals surface area contributed by atoms with E-state index in [-0.39, 0.29) is 33.9 Å². The maximum Gasteiger partial charge on any atom is 0.334 e. The number of anilines is 8. The van der Waals surface area contributed by atoms with Crippen LogP contribution in [0.2, 0.25) is 0 Å². The van der Waals surface area contributed by atoms with Gasteiger partial charge in [0.2, 0.25) is 0 Å². The Hall–Kier alpha value is -7.38. The van der Waals surface area contributed by atoms with E-state index in [9.17, 15) is 0 Å². The van der Waals surface area contributed by atoms with Crippen molar-refractivity contribution in [1.29, 1.82) is 0 Å². The number of hydrogen-bond acceptors (Lipinski definition) is 5. The van der Waals surface area contributed by atoms with E-state index in [0.717, 1.165) is 29.9 Å². The highest BCUT2D eigenvalue weighted by Gasteiger charge is 2.49. The number of benzene rings is 9. The van der Waals surface area contributed by atoms with Crippen LogP contribution in [-0.2, 0) is 27.1 Å². The third-order valence-electron chi connectivity index (χ3n) is 18.6. The van der Waals surface area contributed by atoms with Crippen LogP contribution >= 0.6 is 22.7 Å². The summed E-state index contributed by atoms with van der Waals surface area (Å²) in [5, 5.41) is 5.18. The average molecular weight is 1100 g/mol. The highest BCUT2D eigenvalue weighted by Crippen LogP contribution is 2.57. The fourth-order valence-electron chi connectivity index (χ4n) is 13.8. The van der Waals surface area contributed by atoms with Crippen LogP contribution in [0.15, 0.2) is 188 Å². The van der Waals surface area contributed by atoms with Crippen molar-refractivity contribution in [2.24, 2.45) is 0 Å². The minimum Gasteiger partial charge on any atom is -0.376 e. The molecule has 0 bridgehead atoms. The molecule has 2 aromatic heterocycles. The summed E-state index contributed by atoms with van der Waals surface area (Å²) >= 11 is 3.90. The van der Waals surface area contributed by atoms with E-state index in [1.165, 1.54) is 119 Å². The molecular weight excluding hydrogens is 1030 g/mol.